The summed E-state index contributed by atoms with van der Waals surface area (Å²) in [6.07, 6.45) is 0. The predicted octanol–water partition coefficient (Wildman–Crippen LogP) is 17.9. The molecule has 0 aliphatic heterocycles. The molecule has 0 amide bonds. The second-order valence-corrected chi connectivity index (χ2v) is 17.3. The van der Waals surface area contributed by atoms with Crippen LogP contribution in [-0.2, 0) is 0 Å². The highest BCUT2D eigenvalue weighted by Crippen LogP contribution is 2.48. The van der Waals surface area contributed by atoms with Crippen LogP contribution >= 0.6 is 0 Å². The molecule has 0 N–H and O–H groups in total. The number of hydrogen-bond donors (Lipinski definition) is 0. The lowest BCUT2D eigenvalue weighted by Gasteiger charge is -2.28. The lowest BCUT2D eigenvalue weighted by Crippen LogP contribution is -2.10. The fourth-order valence-corrected chi connectivity index (χ4v) is 10.9. The SMILES string of the molecule is Cc1ccc(N(c2ccc(C)cc2)c2ccc3c4cccc5cc6ccccc6c(c6cccc2c36)c54)cc1.c1ccc2c(c1)cc1cccc3c4cccc5cccc(c54)c2c13. The average Bonchev–Trinajstić information content (AvgIpc) is 3.33. The summed E-state index contributed by atoms with van der Waals surface area (Å²) in [7, 11) is 0. The molecule has 0 unspecified atom stereocenters. The molecule has 0 heterocycles. The van der Waals surface area contributed by atoms with Gasteiger partial charge in [0.1, 0.15) is 0 Å². The molecule has 1 nitrogen and oxygen atoms in total. The predicted molar refractivity (Wildman–Crippen MR) is 274 cm³/mol. The monoisotopic (exact) mass is 799 g/mol. The number of benzene rings is 14. The molecule has 0 spiro atoms. The molecule has 0 bridgehead atoms. The van der Waals surface area contributed by atoms with Crippen molar-refractivity contribution in [2.75, 3.05) is 4.90 Å². The molecule has 0 radical (unpaired) electrons. The van der Waals surface area contributed by atoms with Crippen LogP contribution in [0.15, 0.2) is 212 Å². The molecule has 0 aliphatic carbocycles. The Hall–Kier alpha value is -8.00. The van der Waals surface area contributed by atoms with Crippen molar-refractivity contribution in [3.8, 4) is 0 Å². The molecule has 0 saturated heterocycles. The first-order chi connectivity index (χ1) is 31.1. The van der Waals surface area contributed by atoms with Crippen LogP contribution in [0.2, 0.25) is 0 Å². The molecule has 0 aromatic heterocycles. The molecular formula is C62H41N. The van der Waals surface area contributed by atoms with E-state index in [2.05, 4.69) is 231 Å². The minimum atomic E-state index is 1.16. The summed E-state index contributed by atoms with van der Waals surface area (Å²) in [5.74, 6) is 0. The van der Waals surface area contributed by atoms with E-state index in [9.17, 15) is 0 Å². The second kappa shape index (κ2) is 13.8. The summed E-state index contributed by atoms with van der Waals surface area (Å²) in [5.41, 5.74) is 6.04. The van der Waals surface area contributed by atoms with Crippen molar-refractivity contribution in [2.45, 2.75) is 13.8 Å². The van der Waals surface area contributed by atoms with E-state index in [4.69, 9.17) is 0 Å². The molecule has 0 saturated carbocycles. The number of rotatable bonds is 3. The smallest absolute Gasteiger partial charge is 0.0540 e. The highest BCUT2D eigenvalue weighted by Gasteiger charge is 2.21. The van der Waals surface area contributed by atoms with Crippen LogP contribution in [0.1, 0.15) is 11.1 Å². The van der Waals surface area contributed by atoms with Gasteiger partial charge in [-0.1, -0.05) is 181 Å². The lowest BCUT2D eigenvalue weighted by atomic mass is 9.86. The molecular weight excluding hydrogens is 759 g/mol. The van der Waals surface area contributed by atoms with Gasteiger partial charge in [-0.2, -0.15) is 0 Å². The Balaban J connectivity index is 0.000000143. The third-order valence-electron chi connectivity index (χ3n) is 13.6. The molecule has 294 valence electrons. The quantitative estimate of drug-likeness (QED) is 0.127. The Bertz CT molecular complexity index is 4030. The Kier molecular flexibility index (Phi) is 7.80. The van der Waals surface area contributed by atoms with Gasteiger partial charge in [0, 0.05) is 16.8 Å². The van der Waals surface area contributed by atoms with Crippen LogP contribution in [0.25, 0.3) is 108 Å². The summed E-state index contributed by atoms with van der Waals surface area (Å²) in [6, 6.07) is 78.2. The first-order valence-electron chi connectivity index (χ1n) is 22.0. The Morgan fingerprint density at radius 1 is 0.238 bits per heavy atom. The zero-order valence-corrected chi connectivity index (χ0v) is 35.2. The minimum absolute atomic E-state index is 1.16. The maximum absolute atomic E-state index is 2.40. The maximum atomic E-state index is 2.40. The van der Waals surface area contributed by atoms with Crippen molar-refractivity contribution in [3.05, 3.63) is 223 Å². The van der Waals surface area contributed by atoms with Gasteiger partial charge in [0.25, 0.3) is 0 Å². The first-order valence-corrected chi connectivity index (χ1v) is 22.0. The molecule has 14 aromatic carbocycles. The third-order valence-corrected chi connectivity index (χ3v) is 13.6. The van der Waals surface area contributed by atoms with E-state index in [0.29, 0.717) is 0 Å². The molecule has 14 rings (SSSR count). The zero-order chi connectivity index (χ0) is 41.8. The Morgan fingerprint density at radius 3 is 1.16 bits per heavy atom. The van der Waals surface area contributed by atoms with Gasteiger partial charge in [-0.15, -0.1) is 0 Å². The Labute approximate surface area is 365 Å². The van der Waals surface area contributed by atoms with Crippen molar-refractivity contribution >= 4 is 125 Å². The van der Waals surface area contributed by atoms with Crippen molar-refractivity contribution in [1.82, 2.24) is 0 Å². The third kappa shape index (κ3) is 5.36. The summed E-state index contributed by atoms with van der Waals surface area (Å²) in [5, 5.41) is 26.7. The van der Waals surface area contributed by atoms with Crippen molar-refractivity contribution in [3.63, 3.8) is 0 Å². The molecule has 14 aromatic rings. The molecule has 1 heteroatoms. The van der Waals surface area contributed by atoms with Gasteiger partial charge in [0.2, 0.25) is 0 Å². The maximum Gasteiger partial charge on any atom is 0.0540 e. The highest BCUT2D eigenvalue weighted by molar-refractivity contribution is 6.40. The van der Waals surface area contributed by atoms with E-state index >= 15 is 0 Å². The van der Waals surface area contributed by atoms with Gasteiger partial charge in [0.15, 0.2) is 0 Å². The fraction of sp³-hybridized carbons (Fsp3) is 0.0323. The van der Waals surface area contributed by atoms with Gasteiger partial charge in [-0.05, 0) is 159 Å². The summed E-state index contributed by atoms with van der Waals surface area (Å²) in [6.45, 7) is 4.29. The topological polar surface area (TPSA) is 3.24 Å². The highest BCUT2D eigenvalue weighted by atomic mass is 15.1. The minimum Gasteiger partial charge on any atom is -0.310 e. The first kappa shape index (κ1) is 35.7. The van der Waals surface area contributed by atoms with Crippen LogP contribution in [0.5, 0.6) is 0 Å². The number of anilines is 3. The van der Waals surface area contributed by atoms with Gasteiger partial charge < -0.3 is 4.90 Å². The van der Waals surface area contributed by atoms with Gasteiger partial charge >= 0.3 is 0 Å². The van der Waals surface area contributed by atoms with Crippen LogP contribution < -0.4 is 4.90 Å². The van der Waals surface area contributed by atoms with Crippen LogP contribution in [0, 0.1) is 13.8 Å². The summed E-state index contributed by atoms with van der Waals surface area (Å²) in [4.78, 5) is 2.40. The van der Waals surface area contributed by atoms with Crippen molar-refractivity contribution < 1.29 is 0 Å². The number of aryl methyl sites for hydroxylation is 2. The molecule has 63 heavy (non-hydrogen) atoms. The van der Waals surface area contributed by atoms with Gasteiger partial charge in [0.05, 0.1) is 5.69 Å². The normalized spacial score (nSPS) is 12.0. The van der Waals surface area contributed by atoms with E-state index in [1.807, 2.05) is 0 Å². The average molecular weight is 800 g/mol. The molecule has 0 fully saturated rings. The Morgan fingerprint density at radius 2 is 0.619 bits per heavy atom. The van der Waals surface area contributed by atoms with E-state index < -0.39 is 0 Å². The second-order valence-electron chi connectivity index (χ2n) is 17.3. The van der Waals surface area contributed by atoms with E-state index in [1.165, 1.54) is 125 Å². The zero-order valence-electron chi connectivity index (χ0n) is 35.2. The van der Waals surface area contributed by atoms with Crippen LogP contribution in [0.3, 0.4) is 0 Å². The van der Waals surface area contributed by atoms with Gasteiger partial charge in [-0.25, -0.2) is 0 Å². The summed E-state index contributed by atoms with van der Waals surface area (Å²) < 4.78 is 0. The molecule has 0 aliphatic rings. The van der Waals surface area contributed by atoms with E-state index in [0.717, 1.165) is 11.4 Å². The number of nitrogens with zero attached hydrogens (tertiary/aromatic N) is 1. The van der Waals surface area contributed by atoms with Gasteiger partial charge in [-0.3, -0.25) is 0 Å². The molecule has 0 atom stereocenters. The van der Waals surface area contributed by atoms with Crippen LogP contribution in [0.4, 0.5) is 17.1 Å². The van der Waals surface area contributed by atoms with Crippen molar-refractivity contribution in [1.29, 1.82) is 0 Å². The van der Waals surface area contributed by atoms with Crippen LogP contribution in [-0.4, -0.2) is 0 Å². The fourth-order valence-electron chi connectivity index (χ4n) is 10.9. The largest absolute Gasteiger partial charge is 0.310 e. The lowest BCUT2D eigenvalue weighted by molar-refractivity contribution is 1.28. The number of hydrogen-bond acceptors (Lipinski definition) is 1. The van der Waals surface area contributed by atoms with E-state index in [-0.39, 0.29) is 0 Å². The van der Waals surface area contributed by atoms with Crippen molar-refractivity contribution in [2.24, 2.45) is 0 Å². The summed E-state index contributed by atoms with van der Waals surface area (Å²) >= 11 is 0. The van der Waals surface area contributed by atoms with E-state index in [1.54, 1.807) is 0 Å². The standard InChI is InChI=1S/C38H27N.C24H14/c1-24-13-17-28(18-14-24)39(29-19-15-25(2)16-20-29)35-22-21-32-31-10-5-8-27-23-26-7-3-4-9-30(26)38(36(27)31)34-12-6-11-33(35)37(32)34;1-2-10-18-16(6-1)14-17-9-5-12-20-19-11-3-7-15-8-4-13-21(22(15)19)24(18)23(17)20/h3-23H,1-2H3;1-14H. The number of fused-ring (bicyclic) bond motifs is 8.